The van der Waals surface area contributed by atoms with Gasteiger partial charge in [0.2, 0.25) is 5.95 Å². The minimum atomic E-state index is -0.649. The molecule has 3 aromatic rings. The van der Waals surface area contributed by atoms with Crippen molar-refractivity contribution in [2.45, 2.75) is 19.6 Å². The van der Waals surface area contributed by atoms with E-state index >= 15 is 0 Å². The first kappa shape index (κ1) is 19.4. The summed E-state index contributed by atoms with van der Waals surface area (Å²) in [7, 11) is 2.91. The number of nitrogens with zero attached hydrogens (tertiary/aromatic N) is 4. The average Bonchev–Trinajstić information content (AvgIpc) is 3.24. The lowest BCUT2D eigenvalue weighted by Crippen LogP contribution is -2.29. The van der Waals surface area contributed by atoms with Gasteiger partial charge in [0.05, 0.1) is 19.8 Å². The van der Waals surface area contributed by atoms with Crippen LogP contribution in [0.4, 0.5) is 5.95 Å². The lowest BCUT2D eigenvalue weighted by molar-refractivity contribution is -0.136. The van der Waals surface area contributed by atoms with Crippen molar-refractivity contribution in [2.24, 2.45) is 0 Å². The molecule has 9 nitrogen and oxygen atoms in total. The summed E-state index contributed by atoms with van der Waals surface area (Å²) in [5.74, 6) is 0.981. The number of tetrazole rings is 1. The maximum Gasteiger partial charge on any atom is 0.338 e. The number of hydrogen-bond acceptors (Lipinski definition) is 8. The molecule has 1 unspecified atom stereocenters. The summed E-state index contributed by atoms with van der Waals surface area (Å²) >= 11 is 0. The van der Waals surface area contributed by atoms with Gasteiger partial charge in [-0.2, -0.15) is 4.68 Å². The number of carbonyl (C=O) groups excluding carboxylic acids is 1. The lowest BCUT2D eigenvalue weighted by atomic mass is 9.94. The SMILES string of the molecule is COC(=O)C1=C(C)Nc2nnnn2C1c1cccc(OC)c1OCc1ccccc1. The van der Waals surface area contributed by atoms with Gasteiger partial charge in [-0.15, -0.1) is 0 Å². The lowest BCUT2D eigenvalue weighted by Gasteiger charge is -2.28. The van der Waals surface area contributed by atoms with Crippen LogP contribution in [0.3, 0.4) is 0 Å². The van der Waals surface area contributed by atoms with Gasteiger partial charge in [-0.3, -0.25) is 0 Å². The second kappa shape index (κ2) is 8.24. The molecule has 30 heavy (non-hydrogen) atoms. The molecule has 0 amide bonds. The van der Waals surface area contributed by atoms with Gasteiger partial charge in [0.1, 0.15) is 12.6 Å². The molecule has 2 aromatic carbocycles. The Morgan fingerprint density at radius 3 is 2.67 bits per heavy atom. The first-order chi connectivity index (χ1) is 14.6. The largest absolute Gasteiger partial charge is 0.493 e. The van der Waals surface area contributed by atoms with Crippen molar-refractivity contribution in [1.29, 1.82) is 0 Å². The van der Waals surface area contributed by atoms with Crippen molar-refractivity contribution < 1.29 is 19.0 Å². The van der Waals surface area contributed by atoms with Crippen LogP contribution in [0.2, 0.25) is 0 Å². The molecule has 0 saturated carbocycles. The molecule has 0 bridgehead atoms. The van der Waals surface area contributed by atoms with Gasteiger partial charge in [-0.25, -0.2) is 4.79 Å². The van der Waals surface area contributed by atoms with Crippen molar-refractivity contribution in [2.75, 3.05) is 19.5 Å². The molecule has 0 spiro atoms. The summed E-state index contributed by atoms with van der Waals surface area (Å²) in [6, 6.07) is 14.6. The fourth-order valence-electron chi connectivity index (χ4n) is 3.47. The summed E-state index contributed by atoms with van der Waals surface area (Å²) in [5.41, 5.74) is 2.67. The molecule has 1 aliphatic rings. The summed E-state index contributed by atoms with van der Waals surface area (Å²) < 4.78 is 18.3. The Morgan fingerprint density at radius 2 is 1.93 bits per heavy atom. The van der Waals surface area contributed by atoms with Crippen LogP contribution in [0.25, 0.3) is 0 Å². The van der Waals surface area contributed by atoms with Gasteiger partial charge in [-0.05, 0) is 29.0 Å². The fraction of sp³-hybridized carbons (Fsp3) is 0.238. The van der Waals surface area contributed by atoms with Crippen molar-refractivity contribution in [3.63, 3.8) is 0 Å². The van der Waals surface area contributed by atoms with Gasteiger partial charge in [0, 0.05) is 11.3 Å². The topological polar surface area (TPSA) is 100 Å². The van der Waals surface area contributed by atoms with Crippen LogP contribution in [-0.4, -0.2) is 40.4 Å². The number of hydrogen-bond donors (Lipinski definition) is 1. The molecule has 0 aliphatic carbocycles. The van der Waals surface area contributed by atoms with Crippen LogP contribution in [0.5, 0.6) is 11.5 Å². The van der Waals surface area contributed by atoms with E-state index in [0.29, 0.717) is 40.9 Å². The van der Waals surface area contributed by atoms with E-state index in [2.05, 4.69) is 20.8 Å². The molecule has 1 aromatic heterocycles. The van der Waals surface area contributed by atoms with E-state index in [1.807, 2.05) is 42.5 Å². The Balaban J connectivity index is 1.83. The van der Waals surface area contributed by atoms with Crippen LogP contribution in [0, 0.1) is 0 Å². The van der Waals surface area contributed by atoms with Gasteiger partial charge in [0.25, 0.3) is 0 Å². The monoisotopic (exact) mass is 407 g/mol. The van der Waals surface area contributed by atoms with Gasteiger partial charge >= 0.3 is 5.97 Å². The average molecular weight is 407 g/mol. The zero-order valence-corrected chi connectivity index (χ0v) is 16.8. The van der Waals surface area contributed by atoms with Crippen molar-refractivity contribution in [3.05, 3.63) is 70.9 Å². The molecule has 9 heteroatoms. The first-order valence-corrected chi connectivity index (χ1v) is 9.31. The number of ether oxygens (including phenoxy) is 3. The highest BCUT2D eigenvalue weighted by Gasteiger charge is 2.37. The number of nitrogens with one attached hydrogen (secondary N) is 1. The van der Waals surface area contributed by atoms with E-state index in [9.17, 15) is 4.79 Å². The van der Waals surface area contributed by atoms with Gasteiger partial charge in [-0.1, -0.05) is 47.6 Å². The third-order valence-corrected chi connectivity index (χ3v) is 4.87. The second-order valence-corrected chi connectivity index (χ2v) is 6.66. The number of benzene rings is 2. The smallest absolute Gasteiger partial charge is 0.338 e. The molecule has 0 saturated heterocycles. The van der Waals surface area contributed by atoms with Crippen LogP contribution < -0.4 is 14.8 Å². The number of rotatable bonds is 6. The third-order valence-electron chi connectivity index (χ3n) is 4.87. The van der Waals surface area contributed by atoms with Crippen molar-refractivity contribution in [1.82, 2.24) is 20.2 Å². The third kappa shape index (κ3) is 3.45. The number of allylic oxidation sites excluding steroid dienone is 1. The summed E-state index contributed by atoms with van der Waals surface area (Å²) in [6.45, 7) is 2.11. The second-order valence-electron chi connectivity index (χ2n) is 6.66. The Morgan fingerprint density at radius 1 is 1.13 bits per heavy atom. The summed E-state index contributed by atoms with van der Waals surface area (Å²) in [4.78, 5) is 12.7. The molecule has 0 fully saturated rings. The van der Waals surface area contributed by atoms with Gasteiger partial charge < -0.3 is 19.5 Å². The molecule has 1 atom stereocenters. The van der Waals surface area contributed by atoms with E-state index in [0.717, 1.165) is 5.56 Å². The molecule has 154 valence electrons. The predicted octanol–water partition coefficient (Wildman–Crippen LogP) is 2.72. The van der Waals surface area contributed by atoms with Crippen molar-refractivity contribution in [3.8, 4) is 11.5 Å². The minimum absolute atomic E-state index is 0.331. The molecule has 1 N–H and O–H groups in total. The first-order valence-electron chi connectivity index (χ1n) is 9.31. The number of esters is 1. The van der Waals surface area contributed by atoms with Gasteiger partial charge in [0.15, 0.2) is 11.5 Å². The Hall–Kier alpha value is -3.88. The summed E-state index contributed by atoms with van der Waals surface area (Å²) in [5, 5.41) is 14.9. The summed E-state index contributed by atoms with van der Waals surface area (Å²) in [6.07, 6.45) is 0. The Kier molecular flexibility index (Phi) is 5.34. The fourth-order valence-corrected chi connectivity index (χ4v) is 3.47. The zero-order chi connectivity index (χ0) is 21.1. The highest BCUT2D eigenvalue weighted by atomic mass is 16.5. The van der Waals surface area contributed by atoms with Crippen LogP contribution in [0.15, 0.2) is 59.8 Å². The zero-order valence-electron chi connectivity index (χ0n) is 16.8. The number of carbonyl (C=O) groups is 1. The molecule has 0 radical (unpaired) electrons. The van der Waals surface area contributed by atoms with Crippen LogP contribution in [0.1, 0.15) is 24.1 Å². The molecule has 4 rings (SSSR count). The molecular formula is C21H21N5O4. The minimum Gasteiger partial charge on any atom is -0.493 e. The number of methoxy groups -OCH3 is 2. The van der Waals surface area contributed by atoms with E-state index in [4.69, 9.17) is 14.2 Å². The predicted molar refractivity (Wildman–Crippen MR) is 108 cm³/mol. The van der Waals surface area contributed by atoms with E-state index in [-0.39, 0.29) is 0 Å². The highest BCUT2D eigenvalue weighted by Crippen LogP contribution is 2.43. The Bertz CT molecular complexity index is 1090. The molecular weight excluding hydrogens is 386 g/mol. The molecule has 1 aliphatic heterocycles. The normalized spacial score (nSPS) is 15.2. The molecule has 2 heterocycles. The number of aromatic nitrogens is 4. The number of anilines is 1. The quantitative estimate of drug-likeness (QED) is 0.623. The Labute approximate surface area is 173 Å². The van der Waals surface area contributed by atoms with E-state index in [1.165, 1.54) is 11.8 Å². The number of para-hydroxylation sites is 1. The van der Waals surface area contributed by atoms with E-state index < -0.39 is 12.0 Å². The van der Waals surface area contributed by atoms with Crippen LogP contribution >= 0.6 is 0 Å². The van der Waals surface area contributed by atoms with E-state index in [1.54, 1.807) is 20.1 Å². The highest BCUT2D eigenvalue weighted by molar-refractivity contribution is 5.92. The maximum atomic E-state index is 12.7. The van der Waals surface area contributed by atoms with Crippen molar-refractivity contribution >= 4 is 11.9 Å². The maximum absolute atomic E-state index is 12.7. The number of fused-ring (bicyclic) bond motifs is 1. The standard InChI is InChI=1S/C21H21N5O4/c1-13-17(20(27)29-3)18(26-21(22-13)23-24-25-26)15-10-7-11-16(28-2)19(15)30-12-14-8-5-4-6-9-14/h4-11,18H,12H2,1-3H3,(H,22,23,25). The van der Waals surface area contributed by atoms with Crippen LogP contribution in [-0.2, 0) is 16.1 Å².